The van der Waals surface area contributed by atoms with Crippen molar-refractivity contribution in [3.8, 4) is 0 Å². The average molecular weight is 416 g/mol. The first kappa shape index (κ1) is 21.8. The van der Waals surface area contributed by atoms with Crippen LogP contribution in [0.3, 0.4) is 0 Å². The minimum atomic E-state index is -1.39. The first-order chi connectivity index (χ1) is 14.3. The minimum Gasteiger partial charge on any atom is -0.480 e. The SMILES string of the molecule is NC(=O)CC(NC(=O)C1(c2ccccc2)CCN(C(=O)C2CCCN2)CC1)C(=O)O. The number of carbonyl (C=O) groups excluding carboxylic acids is 3. The normalized spacial score (nSPS) is 21.6. The lowest BCUT2D eigenvalue weighted by Gasteiger charge is -2.42. The smallest absolute Gasteiger partial charge is 0.326 e. The van der Waals surface area contributed by atoms with Crippen LogP contribution in [-0.2, 0) is 24.6 Å². The van der Waals surface area contributed by atoms with E-state index in [1.54, 1.807) is 4.90 Å². The summed E-state index contributed by atoms with van der Waals surface area (Å²) in [6.45, 7) is 1.62. The number of nitrogens with one attached hydrogen (secondary N) is 2. The zero-order valence-corrected chi connectivity index (χ0v) is 16.8. The molecule has 3 amide bonds. The second-order valence-electron chi connectivity index (χ2n) is 7.96. The van der Waals surface area contributed by atoms with Gasteiger partial charge >= 0.3 is 5.97 Å². The van der Waals surface area contributed by atoms with E-state index >= 15 is 0 Å². The number of hydrogen-bond donors (Lipinski definition) is 4. The molecule has 9 heteroatoms. The molecule has 9 nitrogen and oxygen atoms in total. The molecule has 0 spiro atoms. The van der Waals surface area contributed by atoms with E-state index in [2.05, 4.69) is 10.6 Å². The number of amides is 3. The summed E-state index contributed by atoms with van der Waals surface area (Å²) in [5.41, 5.74) is 4.92. The highest BCUT2D eigenvalue weighted by molar-refractivity contribution is 5.93. The molecule has 2 atom stereocenters. The molecule has 2 fully saturated rings. The first-order valence-electron chi connectivity index (χ1n) is 10.2. The van der Waals surface area contributed by atoms with Crippen LogP contribution < -0.4 is 16.4 Å². The highest BCUT2D eigenvalue weighted by Crippen LogP contribution is 2.36. The Bertz CT molecular complexity index is 799. The second kappa shape index (κ2) is 9.25. The summed E-state index contributed by atoms with van der Waals surface area (Å²) in [5.74, 6) is -2.54. The minimum absolute atomic E-state index is 0.0479. The Hall–Kier alpha value is -2.94. The molecule has 1 aromatic carbocycles. The van der Waals surface area contributed by atoms with Crippen molar-refractivity contribution in [2.45, 2.75) is 49.6 Å². The van der Waals surface area contributed by atoms with Crippen LogP contribution in [0.1, 0.15) is 37.7 Å². The average Bonchev–Trinajstić information content (AvgIpc) is 3.28. The second-order valence-corrected chi connectivity index (χ2v) is 7.96. The van der Waals surface area contributed by atoms with Crippen molar-refractivity contribution >= 4 is 23.7 Å². The maximum absolute atomic E-state index is 13.3. The van der Waals surface area contributed by atoms with Crippen LogP contribution >= 0.6 is 0 Å². The summed E-state index contributed by atoms with van der Waals surface area (Å²) in [6, 6.07) is 7.59. The van der Waals surface area contributed by atoms with Gasteiger partial charge in [0.1, 0.15) is 6.04 Å². The molecule has 30 heavy (non-hydrogen) atoms. The summed E-state index contributed by atoms with van der Waals surface area (Å²) < 4.78 is 0. The maximum Gasteiger partial charge on any atom is 0.326 e. The lowest BCUT2D eigenvalue weighted by molar-refractivity contribution is -0.145. The van der Waals surface area contributed by atoms with Crippen molar-refractivity contribution in [1.29, 1.82) is 0 Å². The van der Waals surface area contributed by atoms with Crippen molar-refractivity contribution in [3.63, 3.8) is 0 Å². The lowest BCUT2D eigenvalue weighted by Crippen LogP contribution is -2.57. The van der Waals surface area contributed by atoms with E-state index in [1.165, 1.54) is 0 Å². The number of carboxylic acids is 1. The van der Waals surface area contributed by atoms with Crippen LogP contribution in [0.2, 0.25) is 0 Å². The number of carbonyl (C=O) groups is 4. The molecule has 2 unspecified atom stereocenters. The van der Waals surface area contributed by atoms with Gasteiger partial charge in [-0.2, -0.15) is 0 Å². The van der Waals surface area contributed by atoms with Gasteiger partial charge in [0.05, 0.1) is 17.9 Å². The highest BCUT2D eigenvalue weighted by Gasteiger charge is 2.45. The number of rotatable bonds is 7. The van der Waals surface area contributed by atoms with Crippen molar-refractivity contribution in [3.05, 3.63) is 35.9 Å². The Kier molecular flexibility index (Phi) is 6.71. The fourth-order valence-electron chi connectivity index (χ4n) is 4.33. The molecular formula is C21H28N4O5. The van der Waals surface area contributed by atoms with Crippen LogP contribution in [-0.4, -0.2) is 65.4 Å². The summed E-state index contributed by atoms with van der Waals surface area (Å²) in [5, 5.41) is 15.1. The number of hydrogen-bond acceptors (Lipinski definition) is 5. The van der Waals surface area contributed by atoms with Gasteiger partial charge in [0, 0.05) is 13.1 Å². The van der Waals surface area contributed by atoms with Gasteiger partial charge in [0.15, 0.2) is 0 Å². The molecule has 0 aromatic heterocycles. The van der Waals surface area contributed by atoms with E-state index in [0.29, 0.717) is 25.9 Å². The molecule has 0 saturated carbocycles. The van der Waals surface area contributed by atoms with Crippen LogP contribution in [0.15, 0.2) is 30.3 Å². The zero-order valence-electron chi connectivity index (χ0n) is 16.8. The number of benzene rings is 1. The van der Waals surface area contributed by atoms with E-state index in [4.69, 9.17) is 5.73 Å². The van der Waals surface area contributed by atoms with Crippen LogP contribution in [0.5, 0.6) is 0 Å². The summed E-state index contributed by atoms with van der Waals surface area (Å²) in [6.07, 6.45) is 2.03. The Morgan fingerprint density at radius 1 is 1.20 bits per heavy atom. The molecule has 2 aliphatic rings. The monoisotopic (exact) mass is 416 g/mol. The molecule has 5 N–H and O–H groups in total. The topological polar surface area (TPSA) is 142 Å². The predicted molar refractivity (Wildman–Crippen MR) is 108 cm³/mol. The maximum atomic E-state index is 13.3. The fourth-order valence-corrected chi connectivity index (χ4v) is 4.33. The van der Waals surface area contributed by atoms with E-state index in [1.807, 2.05) is 30.3 Å². The van der Waals surface area contributed by atoms with Crippen LogP contribution in [0.4, 0.5) is 0 Å². The predicted octanol–water partition coefficient (Wildman–Crippen LogP) is -0.256. The third-order valence-electron chi connectivity index (χ3n) is 6.06. The number of nitrogens with two attached hydrogens (primary N) is 1. The molecule has 0 aliphatic carbocycles. The van der Waals surface area contributed by atoms with E-state index in [-0.39, 0.29) is 11.9 Å². The van der Waals surface area contributed by atoms with Gasteiger partial charge in [-0.15, -0.1) is 0 Å². The number of likely N-dealkylation sites (tertiary alicyclic amines) is 1. The molecule has 162 valence electrons. The molecule has 0 bridgehead atoms. The zero-order chi connectivity index (χ0) is 21.7. The quantitative estimate of drug-likeness (QED) is 0.483. The van der Waals surface area contributed by atoms with Gasteiger partial charge in [-0.1, -0.05) is 30.3 Å². The van der Waals surface area contributed by atoms with E-state index in [0.717, 1.165) is 24.9 Å². The summed E-state index contributed by atoms with van der Waals surface area (Å²) in [4.78, 5) is 50.5. The Labute approximate surface area is 175 Å². The third-order valence-corrected chi connectivity index (χ3v) is 6.06. The van der Waals surface area contributed by atoms with Crippen molar-refractivity contribution in [1.82, 2.24) is 15.5 Å². The molecule has 2 saturated heterocycles. The first-order valence-corrected chi connectivity index (χ1v) is 10.2. The van der Waals surface area contributed by atoms with E-state index < -0.39 is 35.7 Å². The molecule has 1 aromatic rings. The Morgan fingerprint density at radius 3 is 2.40 bits per heavy atom. The lowest BCUT2D eigenvalue weighted by atomic mass is 9.71. The third kappa shape index (κ3) is 4.62. The highest BCUT2D eigenvalue weighted by atomic mass is 16.4. The molecule has 0 radical (unpaired) electrons. The van der Waals surface area contributed by atoms with Crippen LogP contribution in [0.25, 0.3) is 0 Å². The van der Waals surface area contributed by atoms with Crippen molar-refractivity contribution in [2.24, 2.45) is 5.73 Å². The molecule has 2 heterocycles. The van der Waals surface area contributed by atoms with Crippen molar-refractivity contribution < 1.29 is 24.3 Å². The number of piperidine rings is 1. The van der Waals surface area contributed by atoms with Crippen LogP contribution in [0, 0.1) is 0 Å². The van der Waals surface area contributed by atoms with Gasteiger partial charge in [-0.05, 0) is 37.8 Å². The largest absolute Gasteiger partial charge is 0.480 e. The molecule has 2 aliphatic heterocycles. The number of primary amides is 1. The van der Waals surface area contributed by atoms with Gasteiger partial charge in [-0.3, -0.25) is 14.4 Å². The number of carboxylic acid groups (broad SMARTS) is 1. The standard InChI is InChI=1S/C21H28N4O5/c22-17(26)13-16(19(28)29)24-20(30)21(14-5-2-1-3-6-14)8-11-25(12-9-21)18(27)15-7-4-10-23-15/h1-3,5-6,15-16,23H,4,7-13H2,(H2,22,26)(H,24,30)(H,28,29). The molecular weight excluding hydrogens is 388 g/mol. The number of aliphatic carboxylic acids is 1. The Morgan fingerprint density at radius 2 is 1.87 bits per heavy atom. The summed E-state index contributed by atoms with van der Waals surface area (Å²) >= 11 is 0. The van der Waals surface area contributed by atoms with Gasteiger partial charge in [-0.25, -0.2) is 4.79 Å². The fraction of sp³-hybridized carbons (Fsp3) is 0.524. The van der Waals surface area contributed by atoms with Gasteiger partial charge in [0.2, 0.25) is 17.7 Å². The number of nitrogens with zero attached hydrogens (tertiary/aromatic N) is 1. The summed E-state index contributed by atoms with van der Waals surface area (Å²) in [7, 11) is 0. The van der Waals surface area contributed by atoms with Gasteiger partial charge < -0.3 is 26.4 Å². The van der Waals surface area contributed by atoms with Crippen molar-refractivity contribution in [2.75, 3.05) is 19.6 Å². The van der Waals surface area contributed by atoms with Gasteiger partial charge in [0.25, 0.3) is 0 Å². The van der Waals surface area contributed by atoms with E-state index in [9.17, 15) is 24.3 Å². The molecule has 3 rings (SSSR count). The Balaban J connectivity index is 1.79.